The Morgan fingerprint density at radius 2 is 1.14 bits per heavy atom. The first-order valence-corrected chi connectivity index (χ1v) is 14.7. The van der Waals surface area contributed by atoms with Crippen LogP contribution in [0.1, 0.15) is 6.85 Å². The van der Waals surface area contributed by atoms with E-state index >= 15 is 0 Å². The summed E-state index contributed by atoms with van der Waals surface area (Å²) in [6.45, 7) is 0. The summed E-state index contributed by atoms with van der Waals surface area (Å²) in [6, 6.07) is 40.1. The van der Waals surface area contributed by atoms with Gasteiger partial charge in [-0.1, -0.05) is 121 Å². The van der Waals surface area contributed by atoms with Crippen LogP contribution in [0, 0.1) is 0 Å². The van der Waals surface area contributed by atoms with Gasteiger partial charge < -0.3 is 8.98 Å². The van der Waals surface area contributed by atoms with E-state index in [1.54, 1.807) is 0 Å². The molecule has 0 radical (unpaired) electrons. The summed E-state index contributed by atoms with van der Waals surface area (Å²) >= 11 is 0. The lowest BCUT2D eigenvalue weighted by Crippen LogP contribution is -1.96. The minimum Gasteiger partial charge on any atom is -0.454 e. The van der Waals surface area contributed by atoms with Gasteiger partial charge in [-0.05, 0) is 79.3 Å². The molecular weight excluding hydrogens is 534 g/mol. The van der Waals surface area contributed by atoms with Crippen molar-refractivity contribution >= 4 is 65.3 Å². The predicted molar refractivity (Wildman–Crippen MR) is 185 cm³/mol. The van der Waals surface area contributed by atoms with Gasteiger partial charge in [0.1, 0.15) is 11.1 Å². The van der Waals surface area contributed by atoms with Crippen LogP contribution < -0.4 is 0 Å². The Bertz CT molecular complexity index is 2970. The highest BCUT2D eigenvalue weighted by molar-refractivity contribution is 6.29. The molecule has 8 aromatic carbocycles. The molecular formula is C42H25NO. The van der Waals surface area contributed by atoms with Gasteiger partial charge in [0.15, 0.2) is 5.58 Å². The first kappa shape index (κ1) is 19.4. The van der Waals surface area contributed by atoms with Crippen LogP contribution in [-0.4, -0.2) is 4.57 Å². The molecule has 0 unspecified atom stereocenters. The standard InChI is InChI=1S/C42H25NO/c1-3-10-26(11-4-1)30-22-18-27-21-25-33-31(23-19-28-20-24-32(30)38(27)39(28)33)34-15-9-16-36-40(34)43(29-12-5-2-6-13-29)41-35-14-7-8-17-37(35)44-42(36)41/h1-25H/i1D,3D,4D,10D,11D. The number of fused-ring (bicyclic) bond motifs is 5. The largest absolute Gasteiger partial charge is 0.454 e. The van der Waals surface area contributed by atoms with Crippen LogP contribution in [0.3, 0.4) is 0 Å². The summed E-state index contributed by atoms with van der Waals surface area (Å²) in [4.78, 5) is 0. The van der Waals surface area contributed by atoms with Crippen molar-refractivity contribution in [1.82, 2.24) is 4.57 Å². The minimum atomic E-state index is -0.393. The number of hydrogen-bond acceptors (Lipinski definition) is 1. The monoisotopic (exact) mass is 564 g/mol. The fourth-order valence-corrected chi connectivity index (χ4v) is 7.21. The first-order chi connectivity index (χ1) is 23.9. The molecule has 0 saturated carbocycles. The average Bonchev–Trinajstić information content (AvgIpc) is 3.68. The Morgan fingerprint density at radius 1 is 0.477 bits per heavy atom. The molecule has 0 aliphatic rings. The zero-order valence-electron chi connectivity index (χ0n) is 28.4. The molecule has 0 saturated heterocycles. The Kier molecular flexibility index (Phi) is 3.88. The van der Waals surface area contributed by atoms with E-state index in [9.17, 15) is 0 Å². The maximum Gasteiger partial charge on any atom is 0.161 e. The lowest BCUT2D eigenvalue weighted by Gasteiger charge is -2.17. The molecule has 0 spiro atoms. The van der Waals surface area contributed by atoms with Crippen molar-refractivity contribution in [3.63, 3.8) is 0 Å². The smallest absolute Gasteiger partial charge is 0.161 e. The quantitative estimate of drug-likeness (QED) is 0.195. The highest BCUT2D eigenvalue weighted by Gasteiger charge is 2.23. The third kappa shape index (κ3) is 3.14. The number of furan rings is 1. The molecule has 0 atom stereocenters. The van der Waals surface area contributed by atoms with Gasteiger partial charge >= 0.3 is 0 Å². The maximum atomic E-state index is 8.72. The zero-order chi connectivity index (χ0) is 33.1. The molecule has 10 aromatic rings. The van der Waals surface area contributed by atoms with Crippen LogP contribution in [0.5, 0.6) is 0 Å². The number of rotatable bonds is 3. The van der Waals surface area contributed by atoms with Gasteiger partial charge in [0.2, 0.25) is 0 Å². The van der Waals surface area contributed by atoms with E-state index in [4.69, 9.17) is 11.3 Å². The third-order valence-corrected chi connectivity index (χ3v) is 9.04. The third-order valence-electron chi connectivity index (χ3n) is 9.04. The lowest BCUT2D eigenvalue weighted by atomic mass is 9.87. The fourth-order valence-electron chi connectivity index (χ4n) is 7.21. The molecule has 2 aromatic heterocycles. The Labute approximate surface area is 260 Å². The Hall–Kier alpha value is -5.86. The summed E-state index contributed by atoms with van der Waals surface area (Å²) in [5.41, 5.74) is 7.81. The zero-order valence-corrected chi connectivity index (χ0v) is 23.4. The Morgan fingerprint density at radius 3 is 1.93 bits per heavy atom. The number of nitrogens with zero attached hydrogens (tertiary/aromatic N) is 1. The van der Waals surface area contributed by atoms with Crippen molar-refractivity contribution in [2.45, 2.75) is 0 Å². The highest BCUT2D eigenvalue weighted by atomic mass is 16.3. The van der Waals surface area contributed by atoms with Crippen LogP contribution >= 0.6 is 0 Å². The summed E-state index contributed by atoms with van der Waals surface area (Å²) < 4.78 is 51.1. The highest BCUT2D eigenvalue weighted by Crippen LogP contribution is 2.46. The maximum absolute atomic E-state index is 8.72. The van der Waals surface area contributed by atoms with Gasteiger partial charge in [0.05, 0.1) is 12.4 Å². The Balaban J connectivity index is 1.32. The van der Waals surface area contributed by atoms with Gasteiger partial charge in [-0.3, -0.25) is 0 Å². The van der Waals surface area contributed by atoms with Crippen LogP contribution in [-0.2, 0) is 0 Å². The lowest BCUT2D eigenvalue weighted by molar-refractivity contribution is 0.673. The molecule has 0 bridgehead atoms. The molecule has 0 fully saturated rings. The van der Waals surface area contributed by atoms with Crippen LogP contribution in [0.4, 0.5) is 0 Å². The van der Waals surface area contributed by atoms with E-state index in [0.717, 1.165) is 82.1 Å². The van der Waals surface area contributed by atoms with Gasteiger partial charge in [-0.2, -0.15) is 0 Å². The van der Waals surface area contributed by atoms with Crippen molar-refractivity contribution in [2.24, 2.45) is 0 Å². The van der Waals surface area contributed by atoms with Crippen LogP contribution in [0.2, 0.25) is 0 Å². The topological polar surface area (TPSA) is 18.1 Å². The number of para-hydroxylation sites is 3. The molecule has 0 amide bonds. The van der Waals surface area contributed by atoms with Crippen molar-refractivity contribution in [3.8, 4) is 27.9 Å². The molecule has 2 heteroatoms. The van der Waals surface area contributed by atoms with Crippen LogP contribution in [0.25, 0.3) is 93.2 Å². The van der Waals surface area contributed by atoms with E-state index in [0.29, 0.717) is 5.56 Å². The molecule has 204 valence electrons. The normalized spacial score (nSPS) is 13.7. The van der Waals surface area contributed by atoms with Crippen molar-refractivity contribution in [3.05, 3.63) is 152 Å². The second-order valence-electron chi connectivity index (χ2n) is 11.3. The SMILES string of the molecule is [2H]c1c([2H])c([2H])c(-c2ccc3ccc4c(-c5cccc6c7oc8ccccc8c7n(-c7ccccc7)c56)ccc5ccc2c3c54)c([2H])c1[2H]. The molecule has 0 aliphatic carbocycles. The number of benzene rings is 8. The summed E-state index contributed by atoms with van der Waals surface area (Å²) in [5, 5.41) is 8.18. The fraction of sp³-hybridized carbons (Fsp3) is 0. The van der Waals surface area contributed by atoms with Gasteiger partial charge in [0, 0.05) is 22.0 Å². The first-order valence-electron chi connectivity index (χ1n) is 17.2. The summed E-state index contributed by atoms with van der Waals surface area (Å²) in [5.74, 6) is 0. The van der Waals surface area contributed by atoms with E-state index in [1.807, 2.05) is 42.5 Å². The minimum absolute atomic E-state index is 0.202. The van der Waals surface area contributed by atoms with Gasteiger partial charge in [-0.15, -0.1) is 0 Å². The molecule has 0 N–H and O–H groups in total. The summed E-state index contributed by atoms with van der Waals surface area (Å²) in [7, 11) is 0. The van der Waals surface area contributed by atoms with Gasteiger partial charge in [-0.25, -0.2) is 0 Å². The average molecular weight is 565 g/mol. The van der Waals surface area contributed by atoms with Crippen molar-refractivity contribution in [1.29, 1.82) is 0 Å². The second kappa shape index (κ2) is 8.82. The molecule has 44 heavy (non-hydrogen) atoms. The van der Waals surface area contributed by atoms with E-state index in [-0.39, 0.29) is 29.7 Å². The molecule has 2 nitrogen and oxygen atoms in total. The predicted octanol–water partition coefficient (Wildman–Crippen LogP) is 11.8. The van der Waals surface area contributed by atoms with E-state index < -0.39 is 6.04 Å². The van der Waals surface area contributed by atoms with Crippen molar-refractivity contribution < 1.29 is 11.3 Å². The van der Waals surface area contributed by atoms with Crippen LogP contribution in [0.15, 0.2) is 156 Å². The number of hydrogen-bond donors (Lipinski definition) is 0. The van der Waals surface area contributed by atoms with Crippen molar-refractivity contribution in [2.75, 3.05) is 0 Å². The summed E-state index contributed by atoms with van der Waals surface area (Å²) in [6.07, 6.45) is 0. The molecule has 0 aliphatic heterocycles. The van der Waals surface area contributed by atoms with E-state index in [2.05, 4.69) is 83.4 Å². The van der Waals surface area contributed by atoms with E-state index in [1.165, 1.54) is 0 Å². The molecule has 2 heterocycles. The molecule has 10 rings (SSSR count). The second-order valence-corrected chi connectivity index (χ2v) is 11.3. The number of aromatic nitrogens is 1. The van der Waals surface area contributed by atoms with Gasteiger partial charge in [0.25, 0.3) is 0 Å².